The predicted molar refractivity (Wildman–Crippen MR) is 76.5 cm³/mol. The molecule has 1 aliphatic heterocycles. The molecule has 1 aromatic rings. The molecule has 0 bridgehead atoms. The van der Waals surface area contributed by atoms with Crippen LogP contribution in [0.2, 0.25) is 0 Å². The number of carboxylic acid groups (broad SMARTS) is 1. The topological polar surface area (TPSA) is 57.6 Å². The molecule has 1 fully saturated rings. The lowest BCUT2D eigenvalue weighted by atomic mass is 9.98. The first-order valence-corrected chi connectivity index (χ1v) is 7.03. The highest BCUT2D eigenvalue weighted by molar-refractivity contribution is 5.87. The number of hydrogen-bond donors (Lipinski definition) is 1. The van der Waals surface area contributed by atoms with Gasteiger partial charge in [-0.2, -0.15) is 0 Å². The van der Waals surface area contributed by atoms with Crippen LogP contribution in [0.15, 0.2) is 24.3 Å². The molecule has 1 heterocycles. The summed E-state index contributed by atoms with van der Waals surface area (Å²) in [7, 11) is 0. The Morgan fingerprint density at radius 2 is 2.15 bits per heavy atom. The summed E-state index contributed by atoms with van der Waals surface area (Å²) in [6.07, 6.45) is 2.33. The van der Waals surface area contributed by atoms with Gasteiger partial charge in [0.15, 0.2) is 0 Å². The van der Waals surface area contributed by atoms with E-state index in [9.17, 15) is 14.7 Å². The summed E-state index contributed by atoms with van der Waals surface area (Å²) < 4.78 is 0. The molecule has 1 aliphatic rings. The van der Waals surface area contributed by atoms with Gasteiger partial charge in [0.25, 0.3) is 0 Å². The first-order chi connectivity index (χ1) is 9.43. The average Bonchev–Trinajstić information content (AvgIpc) is 2.80. The van der Waals surface area contributed by atoms with Gasteiger partial charge >= 0.3 is 5.97 Å². The summed E-state index contributed by atoms with van der Waals surface area (Å²) in [4.78, 5) is 25.2. The molecule has 0 aromatic heterocycles. The van der Waals surface area contributed by atoms with Crippen LogP contribution in [0.25, 0.3) is 0 Å². The summed E-state index contributed by atoms with van der Waals surface area (Å²) >= 11 is 0. The van der Waals surface area contributed by atoms with Crippen molar-refractivity contribution in [2.24, 2.45) is 0 Å². The van der Waals surface area contributed by atoms with E-state index in [1.807, 2.05) is 25.1 Å². The molecule has 1 saturated heterocycles. The first-order valence-electron chi connectivity index (χ1n) is 7.03. The molecule has 1 N–H and O–H groups in total. The Labute approximate surface area is 119 Å². The molecule has 1 aromatic carbocycles. The fourth-order valence-corrected chi connectivity index (χ4v) is 2.84. The first kappa shape index (κ1) is 14.6. The van der Waals surface area contributed by atoms with E-state index in [4.69, 9.17) is 0 Å². The summed E-state index contributed by atoms with van der Waals surface area (Å²) in [5, 5.41) is 9.32. The van der Waals surface area contributed by atoms with E-state index in [-0.39, 0.29) is 5.91 Å². The van der Waals surface area contributed by atoms with Gasteiger partial charge in [-0.15, -0.1) is 0 Å². The third kappa shape index (κ3) is 2.84. The van der Waals surface area contributed by atoms with Gasteiger partial charge in [-0.3, -0.25) is 4.79 Å². The highest BCUT2D eigenvalue weighted by Crippen LogP contribution is 2.30. The standard InChI is InChI=1S/C16H21NO3/c1-12-5-3-6-13(11-12)7-8-14(18)17-10-4-9-16(17,2)15(19)20/h3,5-6,11H,4,7-10H2,1-2H3,(H,19,20)/t16-/m0/s1. The number of carbonyl (C=O) groups is 2. The SMILES string of the molecule is Cc1cccc(CCC(=O)N2CCC[C@@]2(C)C(=O)O)c1. The van der Waals surface area contributed by atoms with Crippen LogP contribution in [0.4, 0.5) is 0 Å². The minimum atomic E-state index is -1.02. The molecule has 0 radical (unpaired) electrons. The fourth-order valence-electron chi connectivity index (χ4n) is 2.84. The monoisotopic (exact) mass is 275 g/mol. The number of hydrogen-bond acceptors (Lipinski definition) is 2. The van der Waals surface area contributed by atoms with Gasteiger partial charge < -0.3 is 10.0 Å². The summed E-state index contributed by atoms with van der Waals surface area (Å²) in [5.74, 6) is -0.965. The Morgan fingerprint density at radius 3 is 2.80 bits per heavy atom. The number of carboxylic acids is 1. The minimum absolute atomic E-state index is 0.0612. The Kier molecular flexibility index (Phi) is 4.12. The quantitative estimate of drug-likeness (QED) is 0.918. The zero-order valence-corrected chi connectivity index (χ0v) is 12.1. The number of likely N-dealkylation sites (tertiary alicyclic amines) is 1. The third-order valence-corrected chi connectivity index (χ3v) is 4.11. The van der Waals surface area contributed by atoms with Gasteiger partial charge in [-0.1, -0.05) is 29.8 Å². The maximum Gasteiger partial charge on any atom is 0.329 e. The van der Waals surface area contributed by atoms with Crippen LogP contribution in [0.5, 0.6) is 0 Å². The van der Waals surface area contributed by atoms with Crippen LogP contribution in [0.1, 0.15) is 37.3 Å². The van der Waals surface area contributed by atoms with Gasteiger partial charge in [0.05, 0.1) is 0 Å². The van der Waals surface area contributed by atoms with E-state index in [0.29, 0.717) is 25.8 Å². The zero-order chi connectivity index (χ0) is 14.8. The molecule has 0 aliphatic carbocycles. The smallest absolute Gasteiger partial charge is 0.329 e. The minimum Gasteiger partial charge on any atom is -0.480 e. The molecule has 4 heteroatoms. The highest BCUT2D eigenvalue weighted by Gasteiger charge is 2.45. The second-order valence-electron chi connectivity index (χ2n) is 5.72. The summed E-state index contributed by atoms with van der Waals surface area (Å²) in [6.45, 7) is 4.22. The molecule has 0 unspecified atom stereocenters. The van der Waals surface area contributed by atoms with E-state index in [1.54, 1.807) is 6.92 Å². The van der Waals surface area contributed by atoms with Crippen LogP contribution in [-0.4, -0.2) is 34.0 Å². The van der Waals surface area contributed by atoms with E-state index < -0.39 is 11.5 Å². The maximum atomic E-state index is 12.3. The third-order valence-electron chi connectivity index (χ3n) is 4.11. The number of nitrogens with zero attached hydrogens (tertiary/aromatic N) is 1. The van der Waals surface area contributed by atoms with Crippen molar-refractivity contribution in [2.75, 3.05) is 6.54 Å². The van der Waals surface area contributed by atoms with Crippen LogP contribution in [0.3, 0.4) is 0 Å². The Morgan fingerprint density at radius 1 is 1.40 bits per heavy atom. The normalized spacial score (nSPS) is 22.0. The Bertz CT molecular complexity index is 526. The van der Waals surface area contributed by atoms with Crippen LogP contribution in [0, 0.1) is 6.92 Å². The Hall–Kier alpha value is -1.84. The van der Waals surface area contributed by atoms with Crippen molar-refractivity contribution in [3.63, 3.8) is 0 Å². The number of aryl methyl sites for hydroxylation is 2. The van der Waals surface area contributed by atoms with Crippen molar-refractivity contribution in [2.45, 2.75) is 45.1 Å². The lowest BCUT2D eigenvalue weighted by molar-refractivity contribution is -0.155. The van der Waals surface area contributed by atoms with Crippen LogP contribution in [-0.2, 0) is 16.0 Å². The molecule has 1 atom stereocenters. The summed E-state index contributed by atoms with van der Waals surface area (Å²) in [6, 6.07) is 8.06. The van der Waals surface area contributed by atoms with Gasteiger partial charge in [-0.05, 0) is 38.7 Å². The van der Waals surface area contributed by atoms with E-state index in [2.05, 4.69) is 6.07 Å². The number of aliphatic carboxylic acids is 1. The second-order valence-corrected chi connectivity index (χ2v) is 5.72. The molecular formula is C16H21NO3. The number of benzene rings is 1. The fraction of sp³-hybridized carbons (Fsp3) is 0.500. The highest BCUT2D eigenvalue weighted by atomic mass is 16.4. The number of amides is 1. The molecule has 20 heavy (non-hydrogen) atoms. The van der Waals surface area contributed by atoms with Gasteiger partial charge in [0.2, 0.25) is 5.91 Å². The van der Waals surface area contributed by atoms with Crippen molar-refractivity contribution in [3.05, 3.63) is 35.4 Å². The number of carbonyl (C=O) groups excluding carboxylic acids is 1. The molecule has 108 valence electrons. The van der Waals surface area contributed by atoms with Gasteiger partial charge in [0.1, 0.15) is 5.54 Å². The van der Waals surface area contributed by atoms with E-state index in [0.717, 1.165) is 12.0 Å². The lowest BCUT2D eigenvalue weighted by Crippen LogP contribution is -2.50. The molecule has 0 spiro atoms. The van der Waals surface area contributed by atoms with Crippen molar-refractivity contribution in [3.8, 4) is 0 Å². The largest absolute Gasteiger partial charge is 0.480 e. The predicted octanol–water partition coefficient (Wildman–Crippen LogP) is 2.39. The lowest BCUT2D eigenvalue weighted by Gasteiger charge is -2.31. The molecule has 4 nitrogen and oxygen atoms in total. The Balaban J connectivity index is 2.00. The molecular weight excluding hydrogens is 254 g/mol. The van der Waals surface area contributed by atoms with Gasteiger partial charge in [-0.25, -0.2) is 4.79 Å². The van der Waals surface area contributed by atoms with Crippen molar-refractivity contribution in [1.29, 1.82) is 0 Å². The summed E-state index contributed by atoms with van der Waals surface area (Å²) in [5.41, 5.74) is 1.27. The zero-order valence-electron chi connectivity index (χ0n) is 12.1. The van der Waals surface area contributed by atoms with Gasteiger partial charge in [0, 0.05) is 13.0 Å². The van der Waals surface area contributed by atoms with Crippen LogP contribution >= 0.6 is 0 Å². The van der Waals surface area contributed by atoms with E-state index >= 15 is 0 Å². The van der Waals surface area contributed by atoms with Crippen molar-refractivity contribution in [1.82, 2.24) is 4.90 Å². The van der Waals surface area contributed by atoms with Crippen molar-refractivity contribution >= 4 is 11.9 Å². The second kappa shape index (κ2) is 5.65. The maximum absolute atomic E-state index is 12.3. The number of rotatable bonds is 4. The van der Waals surface area contributed by atoms with E-state index in [1.165, 1.54) is 10.5 Å². The van der Waals surface area contributed by atoms with Crippen LogP contribution < -0.4 is 0 Å². The molecule has 1 amide bonds. The molecule has 2 rings (SSSR count). The average molecular weight is 275 g/mol. The molecule has 0 saturated carbocycles. The van der Waals surface area contributed by atoms with Crippen molar-refractivity contribution < 1.29 is 14.7 Å².